The van der Waals surface area contributed by atoms with Crippen LogP contribution < -0.4 is 5.32 Å². The van der Waals surface area contributed by atoms with Gasteiger partial charge in [0, 0.05) is 7.05 Å². The van der Waals surface area contributed by atoms with Crippen molar-refractivity contribution in [1.82, 2.24) is 10.2 Å². The van der Waals surface area contributed by atoms with Crippen molar-refractivity contribution in [2.75, 3.05) is 7.05 Å². The molecule has 1 aliphatic heterocycles. The number of hydrogen-bond acceptors (Lipinski definition) is 3. The minimum Gasteiger partial charge on any atom is -0.277 e. The Kier molecular flexibility index (Phi) is 4.04. The number of carbonyl (C=O) groups is 3. The first kappa shape index (κ1) is 13.4. The van der Waals surface area contributed by atoms with Crippen molar-refractivity contribution >= 4 is 17.8 Å². The van der Waals surface area contributed by atoms with E-state index in [1.54, 1.807) is 6.92 Å². The maximum Gasteiger partial charge on any atom is 0.330 e. The number of rotatable bonds is 4. The van der Waals surface area contributed by atoms with E-state index in [9.17, 15) is 14.4 Å². The van der Waals surface area contributed by atoms with Crippen molar-refractivity contribution in [1.29, 1.82) is 0 Å². The number of nitrogens with one attached hydrogen (secondary N) is 1. The monoisotopic (exact) mass is 238 g/mol. The molecule has 17 heavy (non-hydrogen) atoms. The number of carbonyl (C=O) groups excluding carboxylic acids is 3. The van der Waals surface area contributed by atoms with Gasteiger partial charge in [0.1, 0.15) is 5.41 Å². The Morgan fingerprint density at radius 3 is 2.41 bits per heavy atom. The minimum atomic E-state index is -1.13. The summed E-state index contributed by atoms with van der Waals surface area (Å²) in [6.07, 6.45) is 5.30. The van der Waals surface area contributed by atoms with E-state index in [0.717, 1.165) is 11.3 Å². The second kappa shape index (κ2) is 5.12. The lowest BCUT2D eigenvalue weighted by atomic mass is 9.78. The van der Waals surface area contributed by atoms with E-state index in [4.69, 9.17) is 0 Å². The molecule has 1 aliphatic rings. The summed E-state index contributed by atoms with van der Waals surface area (Å²) in [5.74, 6) is -0.914. The van der Waals surface area contributed by atoms with E-state index in [-0.39, 0.29) is 0 Å². The highest BCUT2D eigenvalue weighted by molar-refractivity contribution is 6.19. The summed E-state index contributed by atoms with van der Waals surface area (Å²) >= 11 is 0. The van der Waals surface area contributed by atoms with Crippen LogP contribution in [0.3, 0.4) is 0 Å². The predicted molar refractivity (Wildman–Crippen MR) is 63.1 cm³/mol. The Hall–Kier alpha value is -1.65. The van der Waals surface area contributed by atoms with Gasteiger partial charge in [0.15, 0.2) is 0 Å². The molecule has 1 unspecified atom stereocenters. The van der Waals surface area contributed by atoms with Crippen LogP contribution in [0.15, 0.2) is 12.2 Å². The fourth-order valence-electron chi connectivity index (χ4n) is 1.90. The zero-order valence-corrected chi connectivity index (χ0v) is 10.4. The number of allylic oxidation sites excluding steroid dienone is 2. The summed E-state index contributed by atoms with van der Waals surface area (Å²) in [5, 5.41) is 2.22. The minimum absolute atomic E-state index is 0.333. The summed E-state index contributed by atoms with van der Waals surface area (Å²) < 4.78 is 0. The fraction of sp³-hybridized carbons (Fsp3) is 0.583. The topological polar surface area (TPSA) is 66.5 Å². The normalized spacial score (nSPS) is 25.6. The van der Waals surface area contributed by atoms with Gasteiger partial charge in [-0.2, -0.15) is 0 Å². The van der Waals surface area contributed by atoms with Crippen LogP contribution in [0.5, 0.6) is 0 Å². The third-order valence-electron chi connectivity index (χ3n) is 3.15. The highest BCUT2D eigenvalue weighted by Crippen LogP contribution is 2.32. The van der Waals surface area contributed by atoms with E-state index in [0.29, 0.717) is 12.8 Å². The number of imide groups is 2. The van der Waals surface area contributed by atoms with Gasteiger partial charge >= 0.3 is 6.03 Å². The summed E-state index contributed by atoms with van der Waals surface area (Å²) in [5.41, 5.74) is -1.13. The van der Waals surface area contributed by atoms with Crippen LogP contribution in [0.4, 0.5) is 4.79 Å². The van der Waals surface area contributed by atoms with Crippen LogP contribution in [0.2, 0.25) is 0 Å². The van der Waals surface area contributed by atoms with Gasteiger partial charge in [-0.15, -0.1) is 0 Å². The second-order valence-electron chi connectivity index (χ2n) is 4.14. The molecule has 1 saturated heterocycles. The maximum absolute atomic E-state index is 12.1. The Balaban J connectivity index is 3.02. The first-order valence-electron chi connectivity index (χ1n) is 5.78. The van der Waals surface area contributed by atoms with Crippen molar-refractivity contribution in [2.45, 2.75) is 33.1 Å². The van der Waals surface area contributed by atoms with E-state index in [1.165, 1.54) is 7.05 Å². The standard InChI is InChI=1S/C12H18N2O3/c1-4-6-7-8-12(5-2)9(15)13-11(17)14(3)10(12)16/h6-7H,4-5,8H2,1-3H3,(H,13,15,17). The highest BCUT2D eigenvalue weighted by atomic mass is 16.2. The summed E-state index contributed by atoms with van der Waals surface area (Å²) in [7, 11) is 1.39. The van der Waals surface area contributed by atoms with Crippen molar-refractivity contribution in [3.63, 3.8) is 0 Å². The second-order valence-corrected chi connectivity index (χ2v) is 4.14. The summed E-state index contributed by atoms with van der Waals surface area (Å²) in [6, 6.07) is -0.649. The zero-order chi connectivity index (χ0) is 13.1. The van der Waals surface area contributed by atoms with Crippen molar-refractivity contribution in [2.24, 2.45) is 5.41 Å². The molecule has 0 saturated carbocycles. The number of amides is 4. The van der Waals surface area contributed by atoms with Crippen molar-refractivity contribution in [3.8, 4) is 0 Å². The molecule has 1 heterocycles. The van der Waals surface area contributed by atoms with Crippen LogP contribution in [0.25, 0.3) is 0 Å². The van der Waals surface area contributed by atoms with Gasteiger partial charge in [-0.05, 0) is 19.3 Å². The van der Waals surface area contributed by atoms with Crippen LogP contribution in [0.1, 0.15) is 33.1 Å². The van der Waals surface area contributed by atoms with Gasteiger partial charge in [-0.3, -0.25) is 19.8 Å². The van der Waals surface area contributed by atoms with Crippen LogP contribution in [-0.4, -0.2) is 29.8 Å². The number of urea groups is 1. The highest BCUT2D eigenvalue weighted by Gasteiger charge is 2.50. The molecule has 1 N–H and O–H groups in total. The number of barbiturate groups is 1. The van der Waals surface area contributed by atoms with Crippen LogP contribution in [0, 0.1) is 5.41 Å². The van der Waals surface area contributed by atoms with E-state index in [1.807, 2.05) is 19.1 Å². The molecule has 1 fully saturated rings. The predicted octanol–water partition coefficient (Wildman–Crippen LogP) is 1.45. The molecule has 1 atom stereocenters. The zero-order valence-electron chi connectivity index (χ0n) is 10.4. The summed E-state index contributed by atoms with van der Waals surface area (Å²) in [4.78, 5) is 36.3. The van der Waals surface area contributed by atoms with Crippen LogP contribution >= 0.6 is 0 Å². The molecule has 0 aliphatic carbocycles. The Morgan fingerprint density at radius 1 is 1.24 bits per heavy atom. The van der Waals surface area contributed by atoms with Gasteiger partial charge in [0.25, 0.3) is 0 Å². The Labute approximate surface area is 101 Å². The maximum atomic E-state index is 12.1. The lowest BCUT2D eigenvalue weighted by molar-refractivity contribution is -0.150. The van der Waals surface area contributed by atoms with Crippen molar-refractivity contribution < 1.29 is 14.4 Å². The van der Waals surface area contributed by atoms with Gasteiger partial charge in [0.05, 0.1) is 0 Å². The van der Waals surface area contributed by atoms with E-state index < -0.39 is 23.3 Å². The quantitative estimate of drug-likeness (QED) is 0.595. The number of nitrogens with zero attached hydrogens (tertiary/aromatic N) is 1. The lowest BCUT2D eigenvalue weighted by Crippen LogP contribution is -2.62. The molecule has 1 rings (SSSR count). The largest absolute Gasteiger partial charge is 0.330 e. The van der Waals surface area contributed by atoms with Crippen molar-refractivity contribution in [3.05, 3.63) is 12.2 Å². The molecule has 0 aromatic carbocycles. The van der Waals surface area contributed by atoms with Gasteiger partial charge in [0.2, 0.25) is 11.8 Å². The Morgan fingerprint density at radius 2 is 1.88 bits per heavy atom. The summed E-state index contributed by atoms with van der Waals surface area (Å²) in [6.45, 7) is 3.76. The van der Waals surface area contributed by atoms with Gasteiger partial charge in [-0.25, -0.2) is 4.79 Å². The van der Waals surface area contributed by atoms with Gasteiger partial charge < -0.3 is 0 Å². The molecule has 0 radical (unpaired) electrons. The lowest BCUT2D eigenvalue weighted by Gasteiger charge is -2.36. The third kappa shape index (κ3) is 2.23. The fourth-order valence-corrected chi connectivity index (χ4v) is 1.90. The molecule has 0 bridgehead atoms. The molecule has 4 amide bonds. The molecule has 94 valence electrons. The molecule has 5 heteroatoms. The Bertz CT molecular complexity index is 376. The smallest absolute Gasteiger partial charge is 0.277 e. The first-order valence-corrected chi connectivity index (χ1v) is 5.78. The molecule has 0 aromatic rings. The first-order chi connectivity index (χ1) is 7.99. The van der Waals surface area contributed by atoms with Crippen LogP contribution in [-0.2, 0) is 9.59 Å². The SMILES string of the molecule is CCC=CCC1(CC)C(=O)NC(=O)N(C)C1=O. The molecule has 5 nitrogen and oxygen atoms in total. The molecular weight excluding hydrogens is 220 g/mol. The van der Waals surface area contributed by atoms with E-state index in [2.05, 4.69) is 5.32 Å². The number of hydrogen-bond donors (Lipinski definition) is 1. The van der Waals surface area contributed by atoms with Gasteiger partial charge in [-0.1, -0.05) is 26.0 Å². The van der Waals surface area contributed by atoms with E-state index >= 15 is 0 Å². The molecule has 0 spiro atoms. The average Bonchev–Trinajstić information content (AvgIpc) is 2.31. The average molecular weight is 238 g/mol. The molecular formula is C12H18N2O3. The molecule has 0 aromatic heterocycles. The third-order valence-corrected chi connectivity index (χ3v) is 3.15.